The van der Waals surface area contributed by atoms with E-state index < -0.39 is 0 Å². The number of carbonyl (C=O) groups excluding carboxylic acids is 2. The molecule has 1 heterocycles. The summed E-state index contributed by atoms with van der Waals surface area (Å²) in [7, 11) is 1.62. The minimum atomic E-state index is -0.142. The van der Waals surface area contributed by atoms with Crippen molar-refractivity contribution in [2.45, 2.75) is 19.0 Å². The molecular weight excluding hydrogens is 356 g/mol. The Bertz CT molecular complexity index is 780. The second kappa shape index (κ2) is 9.75. The Hall–Kier alpha value is -3.06. The maximum absolute atomic E-state index is 12.4. The van der Waals surface area contributed by atoms with E-state index in [1.54, 1.807) is 12.0 Å². The molecule has 3 N–H and O–H groups in total. The number of para-hydroxylation sites is 1. The fourth-order valence-corrected chi connectivity index (χ4v) is 3.11. The molecule has 2 aromatic rings. The number of nitrogens with zero attached hydrogens (tertiary/aromatic N) is 1. The predicted molar refractivity (Wildman–Crippen MR) is 108 cm³/mol. The number of carbonyl (C=O) groups is 2. The summed E-state index contributed by atoms with van der Waals surface area (Å²) < 4.78 is 5.13. The van der Waals surface area contributed by atoms with Crippen LogP contribution in [0.5, 0.6) is 5.75 Å². The highest BCUT2D eigenvalue weighted by molar-refractivity contribution is 5.89. The first-order chi connectivity index (χ1) is 13.6. The van der Waals surface area contributed by atoms with Crippen LogP contribution in [0, 0.1) is 0 Å². The van der Waals surface area contributed by atoms with Gasteiger partial charge in [0.1, 0.15) is 5.75 Å². The van der Waals surface area contributed by atoms with Crippen LogP contribution in [0.25, 0.3) is 0 Å². The van der Waals surface area contributed by atoms with Gasteiger partial charge in [0.15, 0.2) is 0 Å². The van der Waals surface area contributed by atoms with Crippen LogP contribution in [0.15, 0.2) is 54.6 Å². The zero-order valence-electron chi connectivity index (χ0n) is 16.0. The van der Waals surface area contributed by atoms with Gasteiger partial charge in [-0.1, -0.05) is 30.3 Å². The SMILES string of the molecule is COc1ccc(CNC(=O)CC2CN(C(=O)Nc3ccccc3)CCN2)cc1. The second-order valence-corrected chi connectivity index (χ2v) is 6.72. The van der Waals surface area contributed by atoms with E-state index in [4.69, 9.17) is 4.74 Å². The zero-order chi connectivity index (χ0) is 19.8. The van der Waals surface area contributed by atoms with Crippen LogP contribution < -0.4 is 20.7 Å². The summed E-state index contributed by atoms with van der Waals surface area (Å²) in [5.41, 5.74) is 1.77. The number of amides is 3. The lowest BCUT2D eigenvalue weighted by molar-refractivity contribution is -0.121. The molecule has 28 heavy (non-hydrogen) atoms. The van der Waals surface area contributed by atoms with Crippen LogP contribution in [0.2, 0.25) is 0 Å². The molecular formula is C21H26N4O3. The van der Waals surface area contributed by atoms with E-state index in [2.05, 4.69) is 16.0 Å². The van der Waals surface area contributed by atoms with Crippen molar-refractivity contribution < 1.29 is 14.3 Å². The summed E-state index contributed by atoms with van der Waals surface area (Å²) in [5.74, 6) is 0.744. The van der Waals surface area contributed by atoms with Crippen molar-refractivity contribution >= 4 is 17.6 Å². The maximum Gasteiger partial charge on any atom is 0.321 e. The number of anilines is 1. The highest BCUT2D eigenvalue weighted by Crippen LogP contribution is 2.12. The topological polar surface area (TPSA) is 82.7 Å². The van der Waals surface area contributed by atoms with Crippen molar-refractivity contribution in [1.82, 2.24) is 15.5 Å². The molecule has 3 amide bonds. The first-order valence-corrected chi connectivity index (χ1v) is 9.38. The van der Waals surface area contributed by atoms with Crippen molar-refractivity contribution in [3.05, 3.63) is 60.2 Å². The number of methoxy groups -OCH3 is 1. The molecule has 3 rings (SSSR count). The number of urea groups is 1. The molecule has 7 heteroatoms. The lowest BCUT2D eigenvalue weighted by Crippen LogP contribution is -2.54. The van der Waals surface area contributed by atoms with E-state index in [1.165, 1.54) is 0 Å². The molecule has 1 saturated heterocycles. The number of benzene rings is 2. The molecule has 1 aliphatic heterocycles. The fourth-order valence-electron chi connectivity index (χ4n) is 3.11. The highest BCUT2D eigenvalue weighted by atomic mass is 16.5. The van der Waals surface area contributed by atoms with Crippen molar-refractivity contribution in [1.29, 1.82) is 0 Å². The Morgan fingerprint density at radius 3 is 2.61 bits per heavy atom. The van der Waals surface area contributed by atoms with Crippen LogP contribution in [-0.2, 0) is 11.3 Å². The van der Waals surface area contributed by atoms with E-state index >= 15 is 0 Å². The summed E-state index contributed by atoms with van der Waals surface area (Å²) in [6.45, 7) is 2.24. The van der Waals surface area contributed by atoms with Crippen LogP contribution >= 0.6 is 0 Å². The quantitative estimate of drug-likeness (QED) is 0.715. The van der Waals surface area contributed by atoms with Gasteiger partial charge in [0.05, 0.1) is 7.11 Å². The normalized spacial score (nSPS) is 16.3. The predicted octanol–water partition coefficient (Wildman–Crippen LogP) is 2.21. The number of ether oxygens (including phenoxy) is 1. The molecule has 0 saturated carbocycles. The van der Waals surface area contributed by atoms with Gasteiger partial charge in [0.25, 0.3) is 0 Å². The molecule has 1 fully saturated rings. The molecule has 0 spiro atoms. The molecule has 0 bridgehead atoms. The second-order valence-electron chi connectivity index (χ2n) is 6.72. The molecule has 1 atom stereocenters. The number of hydrogen-bond donors (Lipinski definition) is 3. The van der Waals surface area contributed by atoms with Gasteiger partial charge in [-0.3, -0.25) is 4.79 Å². The standard InChI is InChI=1S/C21H26N4O3/c1-28-19-9-7-16(8-10-19)14-23-20(26)13-18-15-25(12-11-22-18)21(27)24-17-5-3-2-4-6-17/h2-10,18,22H,11-15H2,1H3,(H,23,26)(H,24,27). The van der Waals surface area contributed by atoms with Gasteiger partial charge in [-0.15, -0.1) is 0 Å². The molecule has 148 valence electrons. The van der Waals surface area contributed by atoms with Crippen molar-refractivity contribution in [3.63, 3.8) is 0 Å². The van der Waals surface area contributed by atoms with Gasteiger partial charge < -0.3 is 25.6 Å². The van der Waals surface area contributed by atoms with Crippen LogP contribution in [-0.4, -0.2) is 49.6 Å². The Morgan fingerprint density at radius 1 is 1.14 bits per heavy atom. The Labute approximate surface area is 165 Å². The van der Waals surface area contributed by atoms with E-state index in [0.717, 1.165) is 17.0 Å². The molecule has 2 aromatic carbocycles. The van der Waals surface area contributed by atoms with Crippen molar-refractivity contribution in [2.75, 3.05) is 32.1 Å². The summed E-state index contributed by atoms with van der Waals surface area (Å²) >= 11 is 0. The molecule has 1 unspecified atom stereocenters. The average molecular weight is 382 g/mol. The first-order valence-electron chi connectivity index (χ1n) is 9.38. The zero-order valence-corrected chi connectivity index (χ0v) is 16.0. The number of nitrogens with one attached hydrogen (secondary N) is 3. The Kier molecular flexibility index (Phi) is 6.86. The number of hydrogen-bond acceptors (Lipinski definition) is 4. The van der Waals surface area contributed by atoms with Crippen LogP contribution in [0.1, 0.15) is 12.0 Å². The smallest absolute Gasteiger partial charge is 0.321 e. The largest absolute Gasteiger partial charge is 0.497 e. The average Bonchev–Trinajstić information content (AvgIpc) is 2.73. The van der Waals surface area contributed by atoms with Gasteiger partial charge in [-0.05, 0) is 29.8 Å². The van der Waals surface area contributed by atoms with Gasteiger partial charge in [-0.2, -0.15) is 0 Å². The van der Waals surface area contributed by atoms with Crippen molar-refractivity contribution in [3.8, 4) is 5.75 Å². The lowest BCUT2D eigenvalue weighted by atomic mass is 10.1. The van der Waals surface area contributed by atoms with Gasteiger partial charge in [0.2, 0.25) is 5.91 Å². The van der Waals surface area contributed by atoms with Gasteiger partial charge >= 0.3 is 6.03 Å². The Morgan fingerprint density at radius 2 is 1.89 bits per heavy atom. The highest BCUT2D eigenvalue weighted by Gasteiger charge is 2.24. The third-order valence-electron chi connectivity index (χ3n) is 4.65. The maximum atomic E-state index is 12.4. The summed E-state index contributed by atoms with van der Waals surface area (Å²) in [4.78, 5) is 26.5. The third-order valence-corrected chi connectivity index (χ3v) is 4.65. The number of rotatable bonds is 6. The lowest BCUT2D eigenvalue weighted by Gasteiger charge is -2.33. The van der Waals surface area contributed by atoms with Gasteiger partial charge in [0, 0.05) is 44.3 Å². The van der Waals surface area contributed by atoms with Crippen LogP contribution in [0.3, 0.4) is 0 Å². The summed E-state index contributed by atoms with van der Waals surface area (Å²) in [5, 5.41) is 9.13. The van der Waals surface area contributed by atoms with Crippen molar-refractivity contribution in [2.24, 2.45) is 0 Å². The summed E-state index contributed by atoms with van der Waals surface area (Å²) in [6.07, 6.45) is 0.325. The van der Waals surface area contributed by atoms with E-state index in [-0.39, 0.29) is 18.0 Å². The molecule has 1 aliphatic rings. The van der Waals surface area contributed by atoms with E-state index in [0.29, 0.717) is 32.6 Å². The molecule has 0 aliphatic carbocycles. The summed E-state index contributed by atoms with van der Waals surface area (Å²) in [6, 6.07) is 16.7. The van der Waals surface area contributed by atoms with E-state index in [9.17, 15) is 9.59 Å². The van der Waals surface area contributed by atoms with E-state index in [1.807, 2.05) is 54.6 Å². The molecule has 7 nitrogen and oxygen atoms in total. The molecule has 0 radical (unpaired) electrons. The fraction of sp³-hybridized carbons (Fsp3) is 0.333. The first kappa shape index (κ1) is 19.7. The van der Waals surface area contributed by atoms with Crippen LogP contribution in [0.4, 0.5) is 10.5 Å². The minimum absolute atomic E-state index is 0.0429. The number of piperazine rings is 1. The Balaban J connectivity index is 1.44. The molecule has 0 aromatic heterocycles. The van der Waals surface area contributed by atoms with Gasteiger partial charge in [-0.25, -0.2) is 4.79 Å². The monoisotopic (exact) mass is 382 g/mol. The minimum Gasteiger partial charge on any atom is -0.497 e. The third kappa shape index (κ3) is 5.72.